The van der Waals surface area contributed by atoms with Crippen molar-refractivity contribution in [3.63, 3.8) is 0 Å². The molecule has 1 heterocycles. The Kier molecular flexibility index (Phi) is 2.74. The van der Waals surface area contributed by atoms with E-state index in [1.165, 1.54) is 26.4 Å². The molecule has 0 spiro atoms. The van der Waals surface area contributed by atoms with Crippen LogP contribution in [0.25, 0.3) is 16.5 Å². The maximum Gasteiger partial charge on any atom is 0.0345 e. The molecular weight excluding hydrogens is 200 g/mol. The Bertz CT molecular complexity index is 492. The SMILES string of the molecule is C=Cc1cc(C)cc(-c2ccc(C)s2)c1. The fourth-order valence-corrected chi connectivity index (χ4v) is 2.52. The molecule has 1 heteroatoms. The Labute approximate surface area is 94.9 Å². The van der Waals surface area contributed by atoms with Gasteiger partial charge in [-0.1, -0.05) is 24.8 Å². The Balaban J connectivity index is 2.52. The van der Waals surface area contributed by atoms with Gasteiger partial charge < -0.3 is 0 Å². The molecule has 0 N–H and O–H groups in total. The molecule has 0 aliphatic heterocycles. The third kappa shape index (κ3) is 2.18. The smallest absolute Gasteiger partial charge is 0.0345 e. The summed E-state index contributed by atoms with van der Waals surface area (Å²) in [5.74, 6) is 0. The highest BCUT2D eigenvalue weighted by molar-refractivity contribution is 7.15. The minimum atomic E-state index is 1.19. The number of hydrogen-bond acceptors (Lipinski definition) is 1. The summed E-state index contributed by atoms with van der Waals surface area (Å²) in [6, 6.07) is 10.9. The van der Waals surface area contributed by atoms with Gasteiger partial charge in [0.2, 0.25) is 0 Å². The second-order valence-corrected chi connectivity index (χ2v) is 5.03. The summed E-state index contributed by atoms with van der Waals surface area (Å²) < 4.78 is 0. The Hall–Kier alpha value is -1.34. The molecule has 0 bridgehead atoms. The lowest BCUT2D eigenvalue weighted by Gasteiger charge is -2.02. The predicted octanol–water partition coefficient (Wildman–Crippen LogP) is 4.67. The third-order valence-corrected chi connectivity index (χ3v) is 3.41. The molecule has 0 aliphatic carbocycles. The summed E-state index contributed by atoms with van der Waals surface area (Å²) >= 11 is 1.83. The van der Waals surface area contributed by atoms with Gasteiger partial charge in [-0.15, -0.1) is 11.3 Å². The van der Waals surface area contributed by atoms with Crippen LogP contribution >= 0.6 is 11.3 Å². The van der Waals surface area contributed by atoms with E-state index >= 15 is 0 Å². The van der Waals surface area contributed by atoms with Crippen LogP contribution in [0.15, 0.2) is 36.9 Å². The fourth-order valence-electron chi connectivity index (χ4n) is 1.66. The summed E-state index contributed by atoms with van der Waals surface area (Å²) in [5.41, 5.74) is 3.77. The van der Waals surface area contributed by atoms with Gasteiger partial charge in [0.15, 0.2) is 0 Å². The van der Waals surface area contributed by atoms with Crippen molar-refractivity contribution in [2.24, 2.45) is 0 Å². The van der Waals surface area contributed by atoms with Crippen molar-refractivity contribution in [3.05, 3.63) is 52.9 Å². The van der Waals surface area contributed by atoms with Crippen molar-refractivity contribution in [3.8, 4) is 10.4 Å². The van der Waals surface area contributed by atoms with E-state index in [1.54, 1.807) is 0 Å². The first kappa shape index (κ1) is 10.2. The van der Waals surface area contributed by atoms with Crippen molar-refractivity contribution in [1.82, 2.24) is 0 Å². The standard InChI is InChI=1S/C14H14S/c1-4-12-7-10(2)8-13(9-12)14-6-5-11(3)15-14/h4-9H,1H2,2-3H3. The molecule has 2 aromatic rings. The van der Waals surface area contributed by atoms with E-state index in [0.29, 0.717) is 0 Å². The van der Waals surface area contributed by atoms with Crippen molar-refractivity contribution >= 4 is 17.4 Å². The molecule has 0 amide bonds. The lowest BCUT2D eigenvalue weighted by molar-refractivity contribution is 1.46. The van der Waals surface area contributed by atoms with Gasteiger partial charge in [0.25, 0.3) is 0 Å². The van der Waals surface area contributed by atoms with Crippen LogP contribution in [-0.4, -0.2) is 0 Å². The van der Waals surface area contributed by atoms with Gasteiger partial charge in [-0.3, -0.25) is 0 Å². The van der Waals surface area contributed by atoms with Crippen LogP contribution in [-0.2, 0) is 0 Å². The highest BCUT2D eigenvalue weighted by Crippen LogP contribution is 2.29. The lowest BCUT2D eigenvalue weighted by atomic mass is 10.1. The van der Waals surface area contributed by atoms with Crippen LogP contribution in [0.3, 0.4) is 0 Å². The van der Waals surface area contributed by atoms with Crippen molar-refractivity contribution in [1.29, 1.82) is 0 Å². The first-order chi connectivity index (χ1) is 7.19. The van der Waals surface area contributed by atoms with Gasteiger partial charge in [-0.2, -0.15) is 0 Å². The van der Waals surface area contributed by atoms with Gasteiger partial charge in [-0.25, -0.2) is 0 Å². The second-order valence-electron chi connectivity index (χ2n) is 3.75. The highest BCUT2D eigenvalue weighted by Gasteiger charge is 2.02. The molecule has 0 saturated heterocycles. The van der Waals surface area contributed by atoms with E-state index in [2.05, 4.69) is 50.8 Å². The molecule has 1 aromatic carbocycles. The number of thiophene rings is 1. The normalized spacial score (nSPS) is 10.3. The number of benzene rings is 1. The summed E-state index contributed by atoms with van der Waals surface area (Å²) in [5, 5.41) is 0. The molecule has 76 valence electrons. The minimum Gasteiger partial charge on any atom is -0.141 e. The monoisotopic (exact) mass is 214 g/mol. The summed E-state index contributed by atoms with van der Waals surface area (Å²) in [6.07, 6.45) is 1.90. The molecule has 0 aliphatic rings. The van der Waals surface area contributed by atoms with E-state index in [4.69, 9.17) is 0 Å². The first-order valence-corrected chi connectivity index (χ1v) is 5.81. The molecule has 0 saturated carbocycles. The van der Waals surface area contributed by atoms with Crippen molar-refractivity contribution < 1.29 is 0 Å². The quantitative estimate of drug-likeness (QED) is 0.681. The van der Waals surface area contributed by atoms with Crippen LogP contribution in [0, 0.1) is 13.8 Å². The van der Waals surface area contributed by atoms with Crippen LogP contribution in [0.1, 0.15) is 16.0 Å². The maximum atomic E-state index is 3.82. The van der Waals surface area contributed by atoms with Gasteiger partial charge >= 0.3 is 0 Å². The molecule has 0 nitrogen and oxygen atoms in total. The van der Waals surface area contributed by atoms with E-state index in [-0.39, 0.29) is 0 Å². The summed E-state index contributed by atoms with van der Waals surface area (Å²) in [7, 11) is 0. The fraction of sp³-hybridized carbons (Fsp3) is 0.143. The van der Waals surface area contributed by atoms with Crippen LogP contribution in [0.4, 0.5) is 0 Å². The molecule has 15 heavy (non-hydrogen) atoms. The first-order valence-electron chi connectivity index (χ1n) is 5.00. The minimum absolute atomic E-state index is 1.19. The van der Waals surface area contributed by atoms with Crippen LogP contribution in [0.2, 0.25) is 0 Å². The molecule has 0 atom stereocenters. The van der Waals surface area contributed by atoms with Gasteiger partial charge in [0.1, 0.15) is 0 Å². The summed E-state index contributed by atoms with van der Waals surface area (Å²) in [6.45, 7) is 8.07. The third-order valence-electron chi connectivity index (χ3n) is 2.36. The highest BCUT2D eigenvalue weighted by atomic mass is 32.1. The predicted molar refractivity (Wildman–Crippen MR) is 69.3 cm³/mol. The van der Waals surface area contributed by atoms with Crippen LogP contribution in [0.5, 0.6) is 0 Å². The average Bonchev–Trinajstić information content (AvgIpc) is 2.64. The van der Waals surface area contributed by atoms with Crippen LogP contribution < -0.4 is 0 Å². The molecule has 0 fully saturated rings. The van der Waals surface area contributed by atoms with Gasteiger partial charge in [0, 0.05) is 9.75 Å². The van der Waals surface area contributed by atoms with E-state index < -0.39 is 0 Å². The second kappa shape index (κ2) is 4.03. The zero-order valence-corrected chi connectivity index (χ0v) is 9.90. The van der Waals surface area contributed by atoms with E-state index in [1.807, 2.05) is 17.4 Å². The van der Waals surface area contributed by atoms with E-state index in [0.717, 1.165) is 0 Å². The van der Waals surface area contributed by atoms with Gasteiger partial charge in [-0.05, 0) is 48.7 Å². The van der Waals surface area contributed by atoms with Crippen molar-refractivity contribution in [2.75, 3.05) is 0 Å². The summed E-state index contributed by atoms with van der Waals surface area (Å²) in [4.78, 5) is 2.69. The average molecular weight is 214 g/mol. The topological polar surface area (TPSA) is 0 Å². The number of hydrogen-bond donors (Lipinski definition) is 0. The number of rotatable bonds is 2. The molecular formula is C14H14S. The van der Waals surface area contributed by atoms with Crippen molar-refractivity contribution in [2.45, 2.75) is 13.8 Å². The molecule has 0 unspecified atom stereocenters. The van der Waals surface area contributed by atoms with E-state index in [9.17, 15) is 0 Å². The Morgan fingerprint density at radius 1 is 1.13 bits per heavy atom. The molecule has 1 aromatic heterocycles. The molecule has 0 radical (unpaired) electrons. The van der Waals surface area contributed by atoms with Gasteiger partial charge in [0.05, 0.1) is 0 Å². The molecule has 2 rings (SSSR count). The number of aryl methyl sites for hydroxylation is 2. The zero-order valence-electron chi connectivity index (χ0n) is 9.08. The zero-order chi connectivity index (χ0) is 10.8. The Morgan fingerprint density at radius 3 is 2.53 bits per heavy atom. The maximum absolute atomic E-state index is 3.82. The Morgan fingerprint density at radius 2 is 1.93 bits per heavy atom. The lowest BCUT2D eigenvalue weighted by Crippen LogP contribution is -1.79. The largest absolute Gasteiger partial charge is 0.141 e.